The van der Waals surface area contributed by atoms with Gasteiger partial charge in [-0.25, -0.2) is 9.13 Å². The van der Waals surface area contributed by atoms with Crippen molar-refractivity contribution < 1.29 is 80.2 Å². The lowest BCUT2D eigenvalue weighted by Crippen LogP contribution is -2.30. The number of rotatable bonds is 62. The Balaban J connectivity index is 5.23. The molecule has 0 bridgehead atoms. The topological polar surface area (TPSA) is 237 Å². The van der Waals surface area contributed by atoms with Crippen LogP contribution in [-0.4, -0.2) is 96.7 Å². The molecule has 0 radical (unpaired) electrons. The van der Waals surface area contributed by atoms with Crippen LogP contribution in [0.3, 0.4) is 0 Å². The first-order valence-corrected chi connectivity index (χ1v) is 36.0. The van der Waals surface area contributed by atoms with Crippen LogP contribution in [0.4, 0.5) is 0 Å². The molecule has 0 heterocycles. The lowest BCUT2D eigenvalue weighted by Gasteiger charge is -2.21. The van der Waals surface area contributed by atoms with E-state index in [1.807, 2.05) is 0 Å². The Morgan fingerprint density at radius 2 is 0.622 bits per heavy atom. The number of esters is 4. The summed E-state index contributed by atoms with van der Waals surface area (Å²) in [6.45, 7) is 9.42. The number of hydrogen-bond acceptors (Lipinski definition) is 15. The molecule has 0 aromatic carbocycles. The molecular formula is C63H122O17P2. The molecule has 0 aliphatic carbocycles. The molecule has 0 fully saturated rings. The van der Waals surface area contributed by atoms with Crippen LogP contribution in [0, 0.1) is 11.8 Å². The number of carbonyl (C=O) groups is 4. The largest absolute Gasteiger partial charge is 0.472 e. The maximum absolute atomic E-state index is 13.0. The zero-order chi connectivity index (χ0) is 60.8. The molecule has 3 unspecified atom stereocenters. The first kappa shape index (κ1) is 80.1. The summed E-state index contributed by atoms with van der Waals surface area (Å²) >= 11 is 0. The number of phosphoric ester groups is 2. The predicted octanol–water partition coefficient (Wildman–Crippen LogP) is 17.3. The van der Waals surface area contributed by atoms with Gasteiger partial charge in [0.1, 0.15) is 19.3 Å². The van der Waals surface area contributed by atoms with Gasteiger partial charge in [-0.2, -0.15) is 0 Å². The molecule has 0 saturated heterocycles. The molecule has 19 heteroatoms. The second-order valence-corrected chi connectivity index (χ2v) is 26.4. The standard InChI is InChI=1S/C63H122O17P2/c1-7-10-12-14-16-17-18-21-29-35-41-47-62(67)79-58(51-73-60(65)45-39-33-25-15-13-11-8-2)53-77-81(69,70)75-49-57(64)50-76-82(71,72)78-54-59(80-63(68)48-42-36-30-22-19-20-26-31-37-43-55(4)5)52-74-61(66)46-40-34-28-24-23-27-32-38-44-56(6)9-3/h55-59,64H,7-54H2,1-6H3,(H,69,70)(H,71,72)/t56?,57-,58+,59+/m0/s1. The molecule has 0 amide bonds. The Kier molecular flexibility index (Phi) is 54.3. The van der Waals surface area contributed by atoms with E-state index in [4.69, 9.17) is 37.0 Å². The molecule has 17 nitrogen and oxygen atoms in total. The molecule has 0 rings (SSSR count). The SMILES string of the molecule is CCCCCCCCCCCCCC(=O)O[C@H](COC(=O)CCCCCCCCC)COP(=O)(O)OC[C@H](O)COP(=O)(O)OC[C@@H](COC(=O)CCCCCCCCCCC(C)CC)OC(=O)CCCCCCCCCCCC(C)C. The lowest BCUT2D eigenvalue weighted by molar-refractivity contribution is -0.161. The van der Waals surface area contributed by atoms with Crippen LogP contribution >= 0.6 is 15.6 Å². The van der Waals surface area contributed by atoms with Crippen LogP contribution in [-0.2, 0) is 65.4 Å². The monoisotopic (exact) mass is 1210 g/mol. The van der Waals surface area contributed by atoms with Gasteiger partial charge in [-0.3, -0.25) is 37.3 Å². The summed E-state index contributed by atoms with van der Waals surface area (Å²) in [4.78, 5) is 72.1. The van der Waals surface area contributed by atoms with Gasteiger partial charge in [0, 0.05) is 25.7 Å². The highest BCUT2D eigenvalue weighted by Gasteiger charge is 2.30. The van der Waals surface area contributed by atoms with Crippen molar-refractivity contribution >= 4 is 39.5 Å². The Hall–Kier alpha value is -1.94. The molecule has 0 aromatic rings. The third kappa shape index (κ3) is 55.9. The summed E-state index contributed by atoms with van der Waals surface area (Å²) in [5.74, 6) is -0.625. The van der Waals surface area contributed by atoms with Gasteiger partial charge in [0.2, 0.25) is 0 Å². The highest BCUT2D eigenvalue weighted by atomic mass is 31.2. The normalized spacial score (nSPS) is 14.7. The smallest absolute Gasteiger partial charge is 0.462 e. The Morgan fingerprint density at radius 1 is 0.354 bits per heavy atom. The van der Waals surface area contributed by atoms with E-state index in [2.05, 4.69) is 41.5 Å². The minimum Gasteiger partial charge on any atom is -0.462 e. The van der Waals surface area contributed by atoms with E-state index in [0.29, 0.717) is 25.7 Å². The predicted molar refractivity (Wildman–Crippen MR) is 326 cm³/mol. The van der Waals surface area contributed by atoms with E-state index in [1.165, 1.54) is 116 Å². The molecule has 0 aliphatic heterocycles. The van der Waals surface area contributed by atoms with E-state index in [0.717, 1.165) is 115 Å². The third-order valence-electron chi connectivity index (χ3n) is 14.8. The van der Waals surface area contributed by atoms with E-state index in [-0.39, 0.29) is 25.7 Å². The number of aliphatic hydroxyl groups excluding tert-OH is 1. The average Bonchev–Trinajstić information content (AvgIpc) is 3.44. The molecule has 0 aromatic heterocycles. The van der Waals surface area contributed by atoms with Crippen molar-refractivity contribution in [3.05, 3.63) is 0 Å². The van der Waals surface area contributed by atoms with Crippen molar-refractivity contribution in [3.8, 4) is 0 Å². The first-order valence-electron chi connectivity index (χ1n) is 33.0. The van der Waals surface area contributed by atoms with Crippen LogP contribution in [0.1, 0.15) is 311 Å². The summed E-state index contributed by atoms with van der Waals surface area (Å²) in [7, 11) is -9.88. The Morgan fingerprint density at radius 3 is 0.927 bits per heavy atom. The fourth-order valence-electron chi connectivity index (χ4n) is 9.32. The summed E-state index contributed by atoms with van der Waals surface area (Å²) in [5.41, 5.74) is 0. The number of ether oxygens (including phenoxy) is 4. The fraction of sp³-hybridized carbons (Fsp3) is 0.937. The maximum Gasteiger partial charge on any atom is 0.472 e. The Labute approximate surface area is 498 Å². The van der Waals surface area contributed by atoms with E-state index in [9.17, 15) is 43.2 Å². The number of aliphatic hydroxyl groups is 1. The zero-order valence-corrected chi connectivity index (χ0v) is 54.6. The van der Waals surface area contributed by atoms with Gasteiger partial charge in [0.25, 0.3) is 0 Å². The Bertz CT molecular complexity index is 1620. The first-order chi connectivity index (χ1) is 39.4. The quantitative estimate of drug-likeness (QED) is 0.0222. The minimum absolute atomic E-state index is 0.105. The number of hydrogen-bond donors (Lipinski definition) is 3. The van der Waals surface area contributed by atoms with Crippen molar-refractivity contribution in [2.45, 2.75) is 330 Å². The number of carbonyl (C=O) groups excluding carboxylic acids is 4. The zero-order valence-electron chi connectivity index (χ0n) is 52.8. The summed E-state index contributed by atoms with van der Waals surface area (Å²) in [5, 5.41) is 10.5. The van der Waals surface area contributed by atoms with Crippen molar-refractivity contribution in [2.24, 2.45) is 11.8 Å². The molecule has 82 heavy (non-hydrogen) atoms. The summed E-state index contributed by atoms with van der Waals surface area (Å²) in [6.07, 6.45) is 37.6. The van der Waals surface area contributed by atoms with Crippen LogP contribution in [0.2, 0.25) is 0 Å². The van der Waals surface area contributed by atoms with Crippen LogP contribution < -0.4 is 0 Å². The van der Waals surface area contributed by atoms with Crippen LogP contribution in [0.5, 0.6) is 0 Å². The van der Waals surface area contributed by atoms with E-state index in [1.54, 1.807) is 0 Å². The van der Waals surface area contributed by atoms with E-state index < -0.39 is 97.5 Å². The highest BCUT2D eigenvalue weighted by molar-refractivity contribution is 7.47. The van der Waals surface area contributed by atoms with Gasteiger partial charge >= 0.3 is 39.5 Å². The molecule has 0 aliphatic rings. The third-order valence-corrected chi connectivity index (χ3v) is 16.7. The van der Waals surface area contributed by atoms with E-state index >= 15 is 0 Å². The van der Waals surface area contributed by atoms with Gasteiger partial charge in [-0.1, -0.05) is 260 Å². The van der Waals surface area contributed by atoms with Crippen LogP contribution in [0.25, 0.3) is 0 Å². The lowest BCUT2D eigenvalue weighted by atomic mass is 9.99. The second kappa shape index (κ2) is 55.6. The summed E-state index contributed by atoms with van der Waals surface area (Å²) < 4.78 is 67.9. The van der Waals surface area contributed by atoms with Gasteiger partial charge in [0.05, 0.1) is 26.4 Å². The van der Waals surface area contributed by atoms with Crippen molar-refractivity contribution in [3.63, 3.8) is 0 Å². The summed E-state index contributed by atoms with van der Waals surface area (Å²) in [6, 6.07) is 0. The van der Waals surface area contributed by atoms with Gasteiger partial charge in [-0.05, 0) is 37.5 Å². The van der Waals surface area contributed by atoms with Crippen LogP contribution in [0.15, 0.2) is 0 Å². The number of unbranched alkanes of at least 4 members (excludes halogenated alkanes) is 31. The molecule has 3 N–H and O–H groups in total. The molecule has 486 valence electrons. The molecular weight excluding hydrogens is 1090 g/mol. The maximum atomic E-state index is 13.0. The van der Waals surface area contributed by atoms with Crippen molar-refractivity contribution in [1.29, 1.82) is 0 Å². The van der Waals surface area contributed by atoms with Gasteiger partial charge in [-0.15, -0.1) is 0 Å². The molecule has 6 atom stereocenters. The minimum atomic E-state index is -4.94. The van der Waals surface area contributed by atoms with Gasteiger partial charge in [0.15, 0.2) is 12.2 Å². The van der Waals surface area contributed by atoms with Crippen molar-refractivity contribution in [2.75, 3.05) is 39.6 Å². The second-order valence-electron chi connectivity index (χ2n) is 23.5. The van der Waals surface area contributed by atoms with Crippen molar-refractivity contribution in [1.82, 2.24) is 0 Å². The molecule has 0 spiro atoms. The van der Waals surface area contributed by atoms with Gasteiger partial charge < -0.3 is 33.8 Å². The average molecular weight is 1210 g/mol. The molecule has 0 saturated carbocycles. The number of phosphoric acid groups is 2. The fourth-order valence-corrected chi connectivity index (χ4v) is 10.9. The highest BCUT2D eigenvalue weighted by Crippen LogP contribution is 2.45.